The van der Waals surface area contributed by atoms with E-state index in [4.69, 9.17) is 5.73 Å². The molecule has 0 aliphatic rings. The molecule has 0 atom stereocenters. The second kappa shape index (κ2) is 6.02. The third-order valence-electron chi connectivity index (χ3n) is 2.07. The summed E-state index contributed by atoms with van der Waals surface area (Å²) in [6.45, 7) is 0. The van der Waals surface area contributed by atoms with Crippen molar-refractivity contribution in [3.63, 3.8) is 0 Å². The van der Waals surface area contributed by atoms with E-state index >= 15 is 0 Å². The molecule has 0 saturated carbocycles. The first-order valence-corrected chi connectivity index (χ1v) is 6.28. The van der Waals surface area contributed by atoms with E-state index in [9.17, 15) is 4.79 Å². The van der Waals surface area contributed by atoms with Crippen LogP contribution in [0.25, 0.3) is 0 Å². The first-order chi connectivity index (χ1) is 8.74. The third-order valence-corrected chi connectivity index (χ3v) is 2.94. The van der Waals surface area contributed by atoms with Crippen molar-refractivity contribution in [3.05, 3.63) is 42.7 Å². The molecule has 0 bridgehead atoms. The highest BCUT2D eigenvalue weighted by Crippen LogP contribution is 2.13. The van der Waals surface area contributed by atoms with Gasteiger partial charge in [0.25, 0.3) is 0 Å². The summed E-state index contributed by atoms with van der Waals surface area (Å²) in [6.07, 6.45) is 3.29. The Kier molecular flexibility index (Phi) is 4.14. The number of carbonyl (C=O) groups is 1. The van der Waals surface area contributed by atoms with Gasteiger partial charge in [-0.05, 0) is 30.3 Å². The zero-order valence-corrected chi connectivity index (χ0v) is 10.4. The Hall–Kier alpha value is -2.08. The number of rotatable bonds is 4. The average Bonchev–Trinajstić information content (AvgIpc) is 2.40. The van der Waals surface area contributed by atoms with Gasteiger partial charge in [0.05, 0.1) is 5.75 Å². The highest BCUT2D eigenvalue weighted by Gasteiger charge is 2.04. The largest absolute Gasteiger partial charge is 0.399 e. The number of hydrogen-bond acceptors (Lipinski definition) is 5. The lowest BCUT2D eigenvalue weighted by Crippen LogP contribution is -2.14. The van der Waals surface area contributed by atoms with Gasteiger partial charge in [0.15, 0.2) is 5.16 Å². The summed E-state index contributed by atoms with van der Waals surface area (Å²) in [5.74, 6) is 0.172. The number of hydrogen-bond donors (Lipinski definition) is 2. The van der Waals surface area contributed by atoms with E-state index in [-0.39, 0.29) is 11.7 Å². The molecule has 0 fully saturated rings. The van der Waals surface area contributed by atoms with Gasteiger partial charge in [-0.3, -0.25) is 4.79 Å². The van der Waals surface area contributed by atoms with Crippen LogP contribution in [-0.4, -0.2) is 21.6 Å². The lowest BCUT2D eigenvalue weighted by molar-refractivity contribution is -0.113. The number of thioether (sulfide) groups is 1. The van der Waals surface area contributed by atoms with Gasteiger partial charge in [-0.1, -0.05) is 11.8 Å². The van der Waals surface area contributed by atoms with Crippen LogP contribution < -0.4 is 11.1 Å². The van der Waals surface area contributed by atoms with Crippen molar-refractivity contribution in [2.75, 3.05) is 16.8 Å². The first kappa shape index (κ1) is 12.4. The molecule has 6 heteroatoms. The predicted molar refractivity (Wildman–Crippen MR) is 72.2 cm³/mol. The summed E-state index contributed by atoms with van der Waals surface area (Å²) in [5.41, 5.74) is 6.95. The van der Waals surface area contributed by atoms with Crippen LogP contribution in [0.5, 0.6) is 0 Å². The van der Waals surface area contributed by atoms with Crippen molar-refractivity contribution >= 4 is 29.0 Å². The van der Waals surface area contributed by atoms with E-state index in [1.54, 1.807) is 42.7 Å². The van der Waals surface area contributed by atoms with Gasteiger partial charge in [-0.2, -0.15) is 0 Å². The van der Waals surface area contributed by atoms with Crippen LogP contribution in [-0.2, 0) is 4.79 Å². The molecule has 0 spiro atoms. The van der Waals surface area contributed by atoms with E-state index in [1.807, 2.05) is 0 Å². The Morgan fingerprint density at radius 1 is 1.22 bits per heavy atom. The minimum atomic E-state index is -0.0998. The van der Waals surface area contributed by atoms with E-state index in [0.717, 1.165) is 5.69 Å². The number of anilines is 2. The standard InChI is InChI=1S/C12H12N4OS/c13-9-2-4-10(5-3-9)16-11(17)8-18-12-14-6-1-7-15-12/h1-7H,8,13H2,(H,16,17). The van der Waals surface area contributed by atoms with Crippen molar-refractivity contribution in [2.24, 2.45) is 0 Å². The molecule has 1 aromatic heterocycles. The van der Waals surface area contributed by atoms with Gasteiger partial charge in [0.1, 0.15) is 0 Å². The molecule has 0 aliphatic heterocycles. The number of aromatic nitrogens is 2. The van der Waals surface area contributed by atoms with Gasteiger partial charge < -0.3 is 11.1 Å². The number of nitrogens with one attached hydrogen (secondary N) is 1. The number of nitrogen functional groups attached to an aromatic ring is 1. The molecular weight excluding hydrogens is 248 g/mol. The Morgan fingerprint density at radius 3 is 2.56 bits per heavy atom. The zero-order valence-electron chi connectivity index (χ0n) is 9.54. The molecule has 1 amide bonds. The number of amides is 1. The van der Waals surface area contributed by atoms with E-state index in [1.165, 1.54) is 11.8 Å². The SMILES string of the molecule is Nc1ccc(NC(=O)CSc2ncccn2)cc1. The second-order valence-electron chi connectivity index (χ2n) is 3.49. The predicted octanol–water partition coefficient (Wildman–Crippen LogP) is 1.79. The Morgan fingerprint density at radius 2 is 1.89 bits per heavy atom. The summed E-state index contributed by atoms with van der Waals surface area (Å²) in [4.78, 5) is 19.7. The Balaban J connectivity index is 1.84. The maximum Gasteiger partial charge on any atom is 0.234 e. The summed E-state index contributed by atoms with van der Waals surface area (Å²) in [6, 6.07) is 8.73. The molecule has 18 heavy (non-hydrogen) atoms. The first-order valence-electron chi connectivity index (χ1n) is 5.29. The van der Waals surface area contributed by atoms with Crippen molar-refractivity contribution in [1.29, 1.82) is 0 Å². The molecule has 1 aromatic carbocycles. The third kappa shape index (κ3) is 3.74. The minimum absolute atomic E-state index is 0.0998. The van der Waals surface area contributed by atoms with E-state index in [0.29, 0.717) is 10.8 Å². The number of carbonyl (C=O) groups excluding carboxylic acids is 1. The Labute approximate surface area is 109 Å². The second-order valence-corrected chi connectivity index (χ2v) is 4.43. The number of nitrogens with two attached hydrogens (primary N) is 1. The number of nitrogens with zero attached hydrogens (tertiary/aromatic N) is 2. The van der Waals surface area contributed by atoms with Gasteiger partial charge in [-0.15, -0.1) is 0 Å². The summed E-state index contributed by atoms with van der Waals surface area (Å²) in [5, 5.41) is 3.36. The smallest absolute Gasteiger partial charge is 0.234 e. The highest BCUT2D eigenvalue weighted by molar-refractivity contribution is 7.99. The quantitative estimate of drug-likeness (QED) is 0.497. The van der Waals surface area contributed by atoms with Crippen molar-refractivity contribution in [2.45, 2.75) is 5.16 Å². The van der Waals surface area contributed by atoms with Gasteiger partial charge >= 0.3 is 0 Å². The van der Waals surface area contributed by atoms with Crippen LogP contribution in [0.2, 0.25) is 0 Å². The molecule has 0 unspecified atom stereocenters. The minimum Gasteiger partial charge on any atom is -0.399 e. The fraction of sp³-hybridized carbons (Fsp3) is 0.0833. The van der Waals surface area contributed by atoms with Crippen LogP contribution >= 0.6 is 11.8 Å². The van der Waals surface area contributed by atoms with E-state index in [2.05, 4.69) is 15.3 Å². The van der Waals surface area contributed by atoms with Crippen LogP contribution in [0.3, 0.4) is 0 Å². The van der Waals surface area contributed by atoms with Crippen molar-refractivity contribution < 1.29 is 4.79 Å². The summed E-state index contributed by atoms with van der Waals surface area (Å²) < 4.78 is 0. The Bertz CT molecular complexity index is 515. The molecule has 5 nitrogen and oxygen atoms in total. The zero-order chi connectivity index (χ0) is 12.8. The highest BCUT2D eigenvalue weighted by atomic mass is 32.2. The van der Waals surface area contributed by atoms with Crippen LogP contribution in [0.4, 0.5) is 11.4 Å². The lowest BCUT2D eigenvalue weighted by atomic mass is 10.3. The summed E-state index contributed by atoms with van der Waals surface area (Å²) in [7, 11) is 0. The molecule has 2 rings (SSSR count). The maximum atomic E-state index is 11.7. The maximum absolute atomic E-state index is 11.7. The fourth-order valence-electron chi connectivity index (χ4n) is 1.25. The molecule has 0 saturated heterocycles. The fourth-order valence-corrected chi connectivity index (χ4v) is 1.86. The molecule has 92 valence electrons. The molecule has 1 heterocycles. The van der Waals surface area contributed by atoms with Crippen molar-refractivity contribution in [3.8, 4) is 0 Å². The lowest BCUT2D eigenvalue weighted by Gasteiger charge is -2.04. The van der Waals surface area contributed by atoms with Crippen LogP contribution in [0.1, 0.15) is 0 Å². The van der Waals surface area contributed by atoms with E-state index < -0.39 is 0 Å². The average molecular weight is 260 g/mol. The normalized spacial score (nSPS) is 10.0. The molecule has 0 aliphatic carbocycles. The van der Waals surface area contributed by atoms with Crippen LogP contribution in [0, 0.1) is 0 Å². The van der Waals surface area contributed by atoms with Gasteiger partial charge in [-0.25, -0.2) is 9.97 Å². The van der Waals surface area contributed by atoms with Crippen molar-refractivity contribution in [1.82, 2.24) is 9.97 Å². The monoisotopic (exact) mass is 260 g/mol. The molecule has 3 N–H and O–H groups in total. The molecule has 0 radical (unpaired) electrons. The summed E-state index contributed by atoms with van der Waals surface area (Å²) >= 11 is 1.29. The van der Waals surface area contributed by atoms with Gasteiger partial charge in [0, 0.05) is 23.8 Å². The van der Waals surface area contributed by atoms with Crippen LogP contribution in [0.15, 0.2) is 47.9 Å². The number of benzene rings is 1. The molecule has 2 aromatic rings. The molecular formula is C12H12N4OS. The topological polar surface area (TPSA) is 80.9 Å². The van der Waals surface area contributed by atoms with Gasteiger partial charge in [0.2, 0.25) is 5.91 Å².